The molecule has 0 aliphatic rings. The van der Waals surface area contributed by atoms with Gasteiger partial charge in [-0.15, -0.1) is 0 Å². The highest BCUT2D eigenvalue weighted by molar-refractivity contribution is 5.74. The van der Waals surface area contributed by atoms with E-state index in [0.717, 1.165) is 11.3 Å². The van der Waals surface area contributed by atoms with Crippen molar-refractivity contribution >= 4 is 6.29 Å². The summed E-state index contributed by atoms with van der Waals surface area (Å²) < 4.78 is 31.0. The summed E-state index contributed by atoms with van der Waals surface area (Å²) in [6.45, 7) is 5.22. The van der Waals surface area contributed by atoms with Crippen molar-refractivity contribution in [1.29, 1.82) is 0 Å². The molecule has 0 saturated heterocycles. The maximum absolute atomic E-state index is 13.2. The predicted octanol–water partition coefficient (Wildman–Crippen LogP) is 5.04. The fraction of sp³-hybridized carbons (Fsp3) is 0.158. The highest BCUT2D eigenvalue weighted by atomic mass is 19.1. The molecule has 0 saturated carbocycles. The number of hydrogen-bond acceptors (Lipinski definition) is 3. The molecular formula is C19H17F2NO2. The Labute approximate surface area is 139 Å². The average molecular weight is 329 g/mol. The number of nitrogens with zero attached hydrogens (tertiary/aromatic N) is 1. The van der Waals surface area contributed by atoms with E-state index in [1.165, 1.54) is 18.5 Å². The van der Waals surface area contributed by atoms with Gasteiger partial charge in [-0.3, -0.25) is 4.79 Å². The molecule has 2 aromatic carbocycles. The maximum atomic E-state index is 13.2. The van der Waals surface area contributed by atoms with Crippen molar-refractivity contribution in [3.63, 3.8) is 0 Å². The van der Waals surface area contributed by atoms with E-state index in [1.54, 1.807) is 32.0 Å². The van der Waals surface area contributed by atoms with Crippen LogP contribution in [0.4, 0.5) is 8.78 Å². The van der Waals surface area contributed by atoms with Gasteiger partial charge in [0.2, 0.25) is 0 Å². The first-order chi connectivity index (χ1) is 11.4. The lowest BCUT2D eigenvalue weighted by molar-refractivity contribution is 0.112. The van der Waals surface area contributed by atoms with E-state index in [2.05, 4.69) is 4.98 Å². The molecule has 0 N–H and O–H groups in total. The summed E-state index contributed by atoms with van der Waals surface area (Å²) in [4.78, 5) is 14.1. The lowest BCUT2D eigenvalue weighted by Crippen LogP contribution is -1.85. The molecule has 0 atom stereocenters. The van der Waals surface area contributed by atoms with Crippen molar-refractivity contribution in [2.45, 2.75) is 20.8 Å². The molecule has 24 heavy (non-hydrogen) atoms. The molecule has 0 amide bonds. The van der Waals surface area contributed by atoms with E-state index in [9.17, 15) is 13.6 Å². The van der Waals surface area contributed by atoms with Gasteiger partial charge >= 0.3 is 0 Å². The summed E-state index contributed by atoms with van der Waals surface area (Å²) >= 11 is 0. The number of benzene rings is 2. The highest BCUT2D eigenvalue weighted by Gasteiger charge is 2.08. The Bertz CT molecular complexity index is 856. The van der Waals surface area contributed by atoms with E-state index in [-0.39, 0.29) is 11.6 Å². The third kappa shape index (κ3) is 4.13. The molecule has 0 spiro atoms. The Morgan fingerprint density at radius 1 is 0.958 bits per heavy atom. The van der Waals surface area contributed by atoms with Crippen molar-refractivity contribution in [2.24, 2.45) is 0 Å². The van der Waals surface area contributed by atoms with Crippen molar-refractivity contribution in [3.8, 4) is 11.3 Å². The lowest BCUT2D eigenvalue weighted by Gasteiger charge is -2.00. The Kier molecular flexibility index (Phi) is 5.58. The first-order valence-electron chi connectivity index (χ1n) is 7.30. The summed E-state index contributed by atoms with van der Waals surface area (Å²) in [5, 5.41) is 0. The standard InChI is InChI=1S/C11H10FNO.C8H7FO/c1-7-3-4-9(5-10(7)12)11-8(2)13-6-14-11;1-6-2-3-7(5-10)4-8(6)9/h3-6H,1-2H3;2-5H,1H3. The normalized spacial score (nSPS) is 10.0. The summed E-state index contributed by atoms with van der Waals surface area (Å²) in [5.74, 6) is 0.0757. The molecule has 0 bridgehead atoms. The van der Waals surface area contributed by atoms with E-state index < -0.39 is 0 Å². The van der Waals surface area contributed by atoms with Gasteiger partial charge in [-0.05, 0) is 44.0 Å². The number of oxazole rings is 1. The maximum Gasteiger partial charge on any atom is 0.181 e. The fourth-order valence-electron chi connectivity index (χ4n) is 2.00. The number of hydrogen-bond donors (Lipinski definition) is 0. The van der Waals surface area contributed by atoms with Crippen LogP contribution in [-0.2, 0) is 0 Å². The first-order valence-corrected chi connectivity index (χ1v) is 7.30. The molecule has 5 heteroatoms. The molecule has 1 aromatic heterocycles. The van der Waals surface area contributed by atoms with Gasteiger partial charge in [0.1, 0.15) is 17.9 Å². The summed E-state index contributed by atoms with van der Waals surface area (Å²) in [5.41, 5.74) is 3.07. The van der Waals surface area contributed by atoms with Gasteiger partial charge in [-0.1, -0.05) is 24.3 Å². The first kappa shape index (κ1) is 17.5. The van der Waals surface area contributed by atoms with Crippen LogP contribution in [0.3, 0.4) is 0 Å². The van der Waals surface area contributed by atoms with Crippen molar-refractivity contribution in [3.05, 3.63) is 76.8 Å². The minimum Gasteiger partial charge on any atom is -0.443 e. The van der Waals surface area contributed by atoms with Crippen molar-refractivity contribution in [1.82, 2.24) is 4.98 Å². The van der Waals surface area contributed by atoms with Crippen LogP contribution in [0, 0.1) is 32.4 Å². The van der Waals surface area contributed by atoms with Crippen LogP contribution in [-0.4, -0.2) is 11.3 Å². The van der Waals surface area contributed by atoms with Crippen LogP contribution >= 0.6 is 0 Å². The topological polar surface area (TPSA) is 43.1 Å². The molecule has 0 fully saturated rings. The fourth-order valence-corrected chi connectivity index (χ4v) is 2.00. The van der Waals surface area contributed by atoms with Crippen LogP contribution < -0.4 is 0 Å². The Balaban J connectivity index is 0.000000185. The largest absolute Gasteiger partial charge is 0.443 e. The summed E-state index contributed by atoms with van der Waals surface area (Å²) in [6, 6.07) is 9.41. The molecule has 3 aromatic rings. The van der Waals surface area contributed by atoms with Crippen LogP contribution in [0.2, 0.25) is 0 Å². The van der Waals surface area contributed by atoms with Crippen LogP contribution in [0.25, 0.3) is 11.3 Å². The Morgan fingerprint density at radius 2 is 1.58 bits per heavy atom. The van der Waals surface area contributed by atoms with Gasteiger partial charge in [0.15, 0.2) is 12.2 Å². The minimum atomic E-state index is -0.329. The SMILES string of the molecule is Cc1ccc(-c2ocnc2C)cc1F.Cc1ccc(C=O)cc1F. The second-order valence-electron chi connectivity index (χ2n) is 5.36. The van der Waals surface area contributed by atoms with Gasteiger partial charge in [0, 0.05) is 11.1 Å². The molecule has 124 valence electrons. The molecule has 0 radical (unpaired) electrons. The van der Waals surface area contributed by atoms with Crippen molar-refractivity contribution < 1.29 is 18.0 Å². The Morgan fingerprint density at radius 3 is 2.08 bits per heavy atom. The average Bonchev–Trinajstić information content (AvgIpc) is 2.99. The lowest BCUT2D eigenvalue weighted by atomic mass is 10.1. The van der Waals surface area contributed by atoms with Gasteiger partial charge in [-0.25, -0.2) is 13.8 Å². The number of aromatic nitrogens is 1. The van der Waals surface area contributed by atoms with Crippen molar-refractivity contribution in [2.75, 3.05) is 0 Å². The molecule has 0 aliphatic carbocycles. The van der Waals surface area contributed by atoms with E-state index in [4.69, 9.17) is 4.42 Å². The van der Waals surface area contributed by atoms with E-state index >= 15 is 0 Å². The van der Waals surface area contributed by atoms with Gasteiger partial charge < -0.3 is 4.42 Å². The highest BCUT2D eigenvalue weighted by Crippen LogP contribution is 2.24. The predicted molar refractivity (Wildman–Crippen MR) is 87.9 cm³/mol. The quantitative estimate of drug-likeness (QED) is 0.618. The van der Waals surface area contributed by atoms with Gasteiger partial charge in [0.05, 0.1) is 5.69 Å². The smallest absolute Gasteiger partial charge is 0.181 e. The van der Waals surface area contributed by atoms with E-state index in [1.807, 2.05) is 13.0 Å². The monoisotopic (exact) mass is 329 g/mol. The molecule has 3 nitrogen and oxygen atoms in total. The molecule has 0 aliphatic heterocycles. The second kappa shape index (κ2) is 7.64. The molecule has 1 heterocycles. The number of halogens is 2. The zero-order valence-electron chi connectivity index (χ0n) is 13.6. The van der Waals surface area contributed by atoms with Crippen LogP contribution in [0.5, 0.6) is 0 Å². The summed E-state index contributed by atoms with van der Waals surface area (Å²) in [7, 11) is 0. The van der Waals surface area contributed by atoms with Crippen LogP contribution in [0.15, 0.2) is 47.2 Å². The zero-order chi connectivity index (χ0) is 17.7. The third-order valence-electron chi connectivity index (χ3n) is 3.51. The van der Waals surface area contributed by atoms with Gasteiger partial charge in [0.25, 0.3) is 0 Å². The number of carbonyl (C=O) groups excluding carboxylic acids is 1. The number of carbonyl (C=O) groups is 1. The summed E-state index contributed by atoms with van der Waals surface area (Å²) in [6.07, 6.45) is 1.99. The number of rotatable bonds is 2. The number of aryl methyl sites for hydroxylation is 3. The zero-order valence-corrected chi connectivity index (χ0v) is 13.6. The Hall–Kier alpha value is -2.82. The second-order valence-corrected chi connectivity index (χ2v) is 5.36. The van der Waals surface area contributed by atoms with Crippen LogP contribution in [0.1, 0.15) is 27.2 Å². The molecule has 3 rings (SSSR count). The molecular weight excluding hydrogens is 312 g/mol. The number of aldehydes is 1. The third-order valence-corrected chi connectivity index (χ3v) is 3.51. The molecule has 0 unspecified atom stereocenters. The van der Waals surface area contributed by atoms with E-state index in [0.29, 0.717) is 28.7 Å². The van der Waals surface area contributed by atoms with Gasteiger partial charge in [-0.2, -0.15) is 0 Å². The minimum absolute atomic E-state index is 0.224.